The van der Waals surface area contributed by atoms with E-state index in [2.05, 4.69) is 0 Å². The van der Waals surface area contributed by atoms with Crippen molar-refractivity contribution in [3.63, 3.8) is 0 Å². The first-order valence-corrected chi connectivity index (χ1v) is 9.28. The summed E-state index contributed by atoms with van der Waals surface area (Å²) in [6.45, 7) is 4.35. The molecule has 0 spiro atoms. The van der Waals surface area contributed by atoms with E-state index >= 15 is 0 Å². The Hall–Kier alpha value is -1.73. The van der Waals surface area contributed by atoms with Crippen molar-refractivity contribution in [3.8, 4) is 0 Å². The summed E-state index contributed by atoms with van der Waals surface area (Å²) in [5.41, 5.74) is 0. The van der Waals surface area contributed by atoms with E-state index in [4.69, 9.17) is 9.47 Å². The molecule has 1 saturated heterocycles. The van der Waals surface area contributed by atoms with E-state index in [9.17, 15) is 24.6 Å². The number of carbonyl (C=O) groups excluding carboxylic acids is 1. The molecule has 4 atom stereocenters. The monoisotopic (exact) mass is 370 g/mol. The molecule has 0 aliphatic carbocycles. The SMILES string of the molecule is CC/C=C/CC(C(=O)O)C(=O)C(CCC(C)OC1CCCCO1)C(=O)O. The Balaban J connectivity index is 2.61. The smallest absolute Gasteiger partial charge is 0.314 e. The lowest BCUT2D eigenvalue weighted by atomic mass is 9.87. The van der Waals surface area contributed by atoms with Gasteiger partial charge in [0.1, 0.15) is 11.8 Å². The standard InChI is InChI=1S/C19H30O7/c1-3-4-5-8-14(18(21)22)17(20)15(19(23)24)11-10-13(2)26-16-9-6-7-12-25-16/h4-5,13-16H,3,6-12H2,1-2H3,(H,21,22)(H,23,24)/b5-4+. The number of ether oxygens (including phenoxy) is 2. The van der Waals surface area contributed by atoms with E-state index < -0.39 is 29.6 Å². The van der Waals surface area contributed by atoms with E-state index in [1.165, 1.54) is 0 Å². The third-order valence-electron chi connectivity index (χ3n) is 4.44. The zero-order chi connectivity index (χ0) is 19.5. The predicted octanol–water partition coefficient (Wildman–Crippen LogP) is 3.03. The van der Waals surface area contributed by atoms with Crippen LogP contribution in [-0.4, -0.2) is 46.9 Å². The van der Waals surface area contributed by atoms with Crippen molar-refractivity contribution in [3.05, 3.63) is 12.2 Å². The van der Waals surface area contributed by atoms with E-state index in [0.717, 1.165) is 25.7 Å². The largest absolute Gasteiger partial charge is 0.481 e. The van der Waals surface area contributed by atoms with Crippen LogP contribution in [0, 0.1) is 11.8 Å². The maximum absolute atomic E-state index is 12.5. The Morgan fingerprint density at radius 3 is 2.35 bits per heavy atom. The molecule has 7 heteroatoms. The molecule has 26 heavy (non-hydrogen) atoms. The maximum atomic E-state index is 12.5. The highest BCUT2D eigenvalue weighted by atomic mass is 16.7. The number of Topliss-reactive ketones (excluding diaryl/α,β-unsaturated/α-hetero) is 1. The van der Waals surface area contributed by atoms with Crippen LogP contribution in [0.4, 0.5) is 0 Å². The summed E-state index contributed by atoms with van der Waals surface area (Å²) in [6.07, 6.45) is 6.78. The molecule has 0 bridgehead atoms. The van der Waals surface area contributed by atoms with E-state index in [0.29, 0.717) is 13.0 Å². The number of rotatable bonds is 12. The number of carbonyl (C=O) groups is 3. The Bertz CT molecular complexity index is 494. The van der Waals surface area contributed by atoms with Crippen LogP contribution in [0.15, 0.2) is 12.2 Å². The highest BCUT2D eigenvalue weighted by Crippen LogP contribution is 2.22. The molecular weight excluding hydrogens is 340 g/mol. The number of ketones is 1. The molecule has 0 aromatic carbocycles. The molecule has 7 nitrogen and oxygen atoms in total. The number of carboxylic acids is 2. The fourth-order valence-corrected chi connectivity index (χ4v) is 2.91. The Morgan fingerprint density at radius 1 is 1.12 bits per heavy atom. The summed E-state index contributed by atoms with van der Waals surface area (Å²) < 4.78 is 11.2. The summed E-state index contributed by atoms with van der Waals surface area (Å²) in [7, 11) is 0. The number of aliphatic carboxylic acids is 2. The lowest BCUT2D eigenvalue weighted by molar-refractivity contribution is -0.186. The number of allylic oxidation sites excluding steroid dienone is 2. The van der Waals surface area contributed by atoms with Crippen LogP contribution in [0.1, 0.15) is 58.8 Å². The van der Waals surface area contributed by atoms with Gasteiger partial charge in [-0.15, -0.1) is 0 Å². The topological polar surface area (TPSA) is 110 Å². The molecule has 1 aliphatic heterocycles. The summed E-state index contributed by atoms with van der Waals surface area (Å²) in [5.74, 6) is -6.02. The lowest BCUT2D eigenvalue weighted by Gasteiger charge is -2.26. The van der Waals surface area contributed by atoms with Gasteiger partial charge in [-0.05, 0) is 51.9 Å². The number of hydrogen-bond acceptors (Lipinski definition) is 5. The second-order valence-corrected chi connectivity index (χ2v) is 6.62. The van der Waals surface area contributed by atoms with Crippen molar-refractivity contribution < 1.29 is 34.1 Å². The second kappa shape index (κ2) is 11.8. The number of hydrogen-bond donors (Lipinski definition) is 2. The van der Waals surface area contributed by atoms with Crippen LogP contribution in [-0.2, 0) is 23.9 Å². The van der Waals surface area contributed by atoms with Crippen molar-refractivity contribution in [1.82, 2.24) is 0 Å². The lowest BCUT2D eigenvalue weighted by Crippen LogP contribution is -2.35. The molecule has 0 aromatic rings. The summed E-state index contributed by atoms with van der Waals surface area (Å²) in [6, 6.07) is 0. The van der Waals surface area contributed by atoms with Gasteiger partial charge >= 0.3 is 11.9 Å². The van der Waals surface area contributed by atoms with E-state index in [1.54, 1.807) is 19.1 Å². The molecule has 1 fully saturated rings. The van der Waals surface area contributed by atoms with Crippen LogP contribution < -0.4 is 0 Å². The molecule has 0 radical (unpaired) electrons. The van der Waals surface area contributed by atoms with Crippen LogP contribution in [0.2, 0.25) is 0 Å². The molecule has 0 saturated carbocycles. The van der Waals surface area contributed by atoms with E-state index in [1.807, 2.05) is 6.92 Å². The van der Waals surface area contributed by atoms with Gasteiger partial charge in [-0.1, -0.05) is 19.1 Å². The van der Waals surface area contributed by atoms with Crippen LogP contribution >= 0.6 is 0 Å². The van der Waals surface area contributed by atoms with Gasteiger partial charge in [0.05, 0.1) is 6.10 Å². The van der Waals surface area contributed by atoms with Crippen LogP contribution in [0.3, 0.4) is 0 Å². The molecule has 0 aromatic heterocycles. The zero-order valence-electron chi connectivity index (χ0n) is 15.6. The summed E-state index contributed by atoms with van der Waals surface area (Å²) in [4.78, 5) is 35.3. The molecule has 0 amide bonds. The van der Waals surface area contributed by atoms with Gasteiger partial charge in [-0.3, -0.25) is 14.4 Å². The van der Waals surface area contributed by atoms with Gasteiger partial charge < -0.3 is 19.7 Å². The third kappa shape index (κ3) is 7.66. The third-order valence-corrected chi connectivity index (χ3v) is 4.44. The average Bonchev–Trinajstić information content (AvgIpc) is 2.59. The molecular formula is C19H30O7. The number of carboxylic acid groups (broad SMARTS) is 2. The Morgan fingerprint density at radius 2 is 1.81 bits per heavy atom. The van der Waals surface area contributed by atoms with Crippen molar-refractivity contribution in [2.24, 2.45) is 11.8 Å². The Kier molecular flexibility index (Phi) is 10.1. The molecule has 1 heterocycles. The minimum atomic E-state index is -1.34. The van der Waals surface area contributed by atoms with Crippen molar-refractivity contribution in [1.29, 1.82) is 0 Å². The fraction of sp³-hybridized carbons (Fsp3) is 0.737. The van der Waals surface area contributed by atoms with Crippen molar-refractivity contribution >= 4 is 17.7 Å². The van der Waals surface area contributed by atoms with Gasteiger partial charge in [-0.2, -0.15) is 0 Å². The van der Waals surface area contributed by atoms with E-state index in [-0.39, 0.29) is 25.2 Å². The first-order chi connectivity index (χ1) is 12.4. The van der Waals surface area contributed by atoms with Gasteiger partial charge in [0, 0.05) is 6.61 Å². The van der Waals surface area contributed by atoms with Crippen molar-refractivity contribution in [2.45, 2.75) is 71.2 Å². The molecule has 148 valence electrons. The highest BCUT2D eigenvalue weighted by Gasteiger charge is 2.35. The average molecular weight is 370 g/mol. The fourth-order valence-electron chi connectivity index (χ4n) is 2.91. The molecule has 1 aliphatic rings. The zero-order valence-corrected chi connectivity index (χ0v) is 15.6. The normalized spacial score (nSPS) is 21.2. The maximum Gasteiger partial charge on any atom is 0.314 e. The molecule has 1 rings (SSSR count). The van der Waals surface area contributed by atoms with Gasteiger partial charge in [0.25, 0.3) is 0 Å². The highest BCUT2D eigenvalue weighted by molar-refractivity contribution is 6.07. The second-order valence-electron chi connectivity index (χ2n) is 6.62. The molecule has 4 unspecified atom stereocenters. The van der Waals surface area contributed by atoms with Crippen molar-refractivity contribution in [2.75, 3.05) is 6.61 Å². The Labute approximate surface area is 154 Å². The van der Waals surface area contributed by atoms with Gasteiger partial charge in [0.2, 0.25) is 0 Å². The van der Waals surface area contributed by atoms with Gasteiger partial charge in [-0.25, -0.2) is 0 Å². The predicted molar refractivity (Wildman–Crippen MR) is 94.7 cm³/mol. The van der Waals surface area contributed by atoms with Crippen LogP contribution in [0.5, 0.6) is 0 Å². The molecule has 2 N–H and O–H groups in total. The summed E-state index contributed by atoms with van der Waals surface area (Å²) in [5, 5.41) is 18.7. The first kappa shape index (κ1) is 22.3. The summed E-state index contributed by atoms with van der Waals surface area (Å²) >= 11 is 0. The van der Waals surface area contributed by atoms with Crippen LogP contribution in [0.25, 0.3) is 0 Å². The quantitative estimate of drug-likeness (QED) is 0.401. The van der Waals surface area contributed by atoms with Gasteiger partial charge in [0.15, 0.2) is 12.1 Å². The minimum absolute atomic E-state index is 0.00769. The first-order valence-electron chi connectivity index (χ1n) is 9.28. The minimum Gasteiger partial charge on any atom is -0.481 e.